The third kappa shape index (κ3) is 6.85. The van der Waals surface area contributed by atoms with Gasteiger partial charge in [-0.15, -0.1) is 0 Å². The van der Waals surface area contributed by atoms with Crippen LogP contribution in [-0.4, -0.2) is 57.1 Å². The quantitative estimate of drug-likeness (QED) is 0.589. The van der Waals surface area contributed by atoms with Gasteiger partial charge < -0.3 is 15.3 Å². The van der Waals surface area contributed by atoms with Crippen molar-refractivity contribution >= 4 is 33.6 Å². The molecule has 3 N–H and O–H groups in total. The molecule has 0 aliphatic carbocycles. The van der Waals surface area contributed by atoms with Crippen LogP contribution in [0.1, 0.15) is 6.42 Å². The van der Waals surface area contributed by atoms with Crippen LogP contribution in [0.15, 0.2) is 29.2 Å². The molecule has 0 bridgehead atoms. The van der Waals surface area contributed by atoms with Crippen molar-refractivity contribution in [1.29, 1.82) is 0 Å². The number of benzene rings is 1. The minimum atomic E-state index is -3.70. The second kappa shape index (κ2) is 8.70. The molecule has 10 heteroatoms. The normalized spacial score (nSPS) is 11.0. The van der Waals surface area contributed by atoms with Gasteiger partial charge in [0.25, 0.3) is 0 Å². The van der Waals surface area contributed by atoms with Gasteiger partial charge in [0.05, 0.1) is 11.3 Å². The number of urea groups is 1. The predicted octanol–water partition coefficient (Wildman–Crippen LogP) is 0.734. The van der Waals surface area contributed by atoms with E-state index in [2.05, 4.69) is 10.0 Å². The molecule has 0 spiro atoms. The number of carbonyl (C=O) groups excluding carboxylic acids is 1. The number of carboxylic acids is 1. The largest absolute Gasteiger partial charge is 0.481 e. The molecule has 1 aromatic rings. The smallest absolute Gasteiger partial charge is 0.317 e. The zero-order chi connectivity index (χ0) is 17.5. The highest BCUT2D eigenvalue weighted by molar-refractivity contribution is 7.89. The van der Waals surface area contributed by atoms with E-state index in [1.807, 2.05) is 0 Å². The van der Waals surface area contributed by atoms with Crippen LogP contribution in [0.2, 0.25) is 5.02 Å². The second-order valence-corrected chi connectivity index (χ2v) is 6.86. The number of rotatable bonds is 8. The molecular weight excluding hydrogens is 346 g/mol. The lowest BCUT2D eigenvalue weighted by Crippen LogP contribution is -2.41. The van der Waals surface area contributed by atoms with Crippen molar-refractivity contribution in [2.45, 2.75) is 11.3 Å². The van der Waals surface area contributed by atoms with Crippen molar-refractivity contribution in [2.75, 3.05) is 26.7 Å². The third-order valence-corrected chi connectivity index (χ3v) is 4.50. The number of aliphatic carboxylic acids is 1. The summed E-state index contributed by atoms with van der Waals surface area (Å²) in [5.74, 6) is -1.00. The summed E-state index contributed by atoms with van der Waals surface area (Å²) in [5.41, 5.74) is 0. The zero-order valence-electron chi connectivity index (χ0n) is 12.5. The molecule has 8 nitrogen and oxygen atoms in total. The zero-order valence-corrected chi connectivity index (χ0v) is 14.0. The number of sulfonamides is 1. The van der Waals surface area contributed by atoms with Crippen LogP contribution in [0, 0.1) is 0 Å². The SMILES string of the molecule is CN(CCC(=O)O)C(=O)NCCNS(=O)(=O)c1cccc(Cl)c1. The monoisotopic (exact) mass is 363 g/mol. The Morgan fingerprint density at radius 2 is 2.00 bits per heavy atom. The number of nitrogens with zero attached hydrogens (tertiary/aromatic N) is 1. The van der Waals surface area contributed by atoms with Gasteiger partial charge in [0.2, 0.25) is 10.0 Å². The lowest BCUT2D eigenvalue weighted by Gasteiger charge is -2.17. The number of hydrogen-bond donors (Lipinski definition) is 3. The van der Waals surface area contributed by atoms with Crippen LogP contribution in [-0.2, 0) is 14.8 Å². The minimum Gasteiger partial charge on any atom is -0.481 e. The third-order valence-electron chi connectivity index (χ3n) is 2.81. The molecule has 23 heavy (non-hydrogen) atoms. The summed E-state index contributed by atoms with van der Waals surface area (Å²) < 4.78 is 26.3. The number of amides is 2. The maximum atomic E-state index is 12.0. The summed E-state index contributed by atoms with van der Waals surface area (Å²) in [6.07, 6.45) is -0.161. The highest BCUT2D eigenvalue weighted by atomic mass is 35.5. The average Bonchev–Trinajstić information content (AvgIpc) is 2.48. The first kappa shape index (κ1) is 19.2. The Balaban J connectivity index is 2.39. The first-order valence-corrected chi connectivity index (χ1v) is 8.54. The Morgan fingerprint density at radius 3 is 2.61 bits per heavy atom. The molecule has 0 fully saturated rings. The molecule has 0 radical (unpaired) electrons. The maximum Gasteiger partial charge on any atom is 0.317 e. The van der Waals surface area contributed by atoms with E-state index in [1.54, 1.807) is 6.07 Å². The summed E-state index contributed by atoms with van der Waals surface area (Å²) in [4.78, 5) is 23.3. The topological polar surface area (TPSA) is 116 Å². The Labute approximate surface area is 139 Å². The van der Waals surface area contributed by atoms with Gasteiger partial charge in [0.1, 0.15) is 0 Å². The van der Waals surface area contributed by atoms with Gasteiger partial charge in [-0.3, -0.25) is 4.79 Å². The van der Waals surface area contributed by atoms with Crippen LogP contribution in [0.25, 0.3) is 0 Å². The van der Waals surface area contributed by atoms with Gasteiger partial charge >= 0.3 is 12.0 Å². The molecule has 1 aromatic carbocycles. The predicted molar refractivity (Wildman–Crippen MR) is 84.9 cm³/mol. The van der Waals surface area contributed by atoms with Gasteiger partial charge in [0.15, 0.2) is 0 Å². The van der Waals surface area contributed by atoms with E-state index in [0.717, 1.165) is 0 Å². The summed E-state index contributed by atoms with van der Waals surface area (Å²) in [7, 11) is -2.25. The van der Waals surface area contributed by atoms with Crippen LogP contribution in [0.3, 0.4) is 0 Å². The molecular formula is C13H18ClN3O5S. The van der Waals surface area contributed by atoms with E-state index >= 15 is 0 Å². The van der Waals surface area contributed by atoms with Gasteiger partial charge in [0, 0.05) is 31.7 Å². The van der Waals surface area contributed by atoms with Gasteiger partial charge in [-0.2, -0.15) is 0 Å². The average molecular weight is 364 g/mol. The summed E-state index contributed by atoms with van der Waals surface area (Å²) in [6, 6.07) is 5.34. The number of carbonyl (C=O) groups is 2. The van der Waals surface area contributed by atoms with Crippen molar-refractivity contribution in [3.05, 3.63) is 29.3 Å². The molecule has 128 valence electrons. The highest BCUT2D eigenvalue weighted by Gasteiger charge is 2.14. The van der Waals surface area contributed by atoms with E-state index in [0.29, 0.717) is 5.02 Å². The number of halogens is 1. The molecule has 0 aliphatic rings. The van der Waals surface area contributed by atoms with Crippen LogP contribution < -0.4 is 10.0 Å². The van der Waals surface area contributed by atoms with E-state index in [9.17, 15) is 18.0 Å². The van der Waals surface area contributed by atoms with E-state index in [1.165, 1.54) is 30.1 Å². The summed E-state index contributed by atoms with van der Waals surface area (Å²) >= 11 is 5.74. The molecule has 0 aromatic heterocycles. The standard InChI is InChI=1S/C13H18ClN3O5S/c1-17(8-5-12(18)19)13(20)15-6-7-16-23(21,22)11-4-2-3-10(14)9-11/h2-4,9,16H,5-8H2,1H3,(H,15,20)(H,18,19). The number of carboxylic acid groups (broad SMARTS) is 1. The first-order chi connectivity index (χ1) is 10.7. The highest BCUT2D eigenvalue weighted by Crippen LogP contribution is 2.14. The molecule has 0 atom stereocenters. The fourth-order valence-corrected chi connectivity index (χ4v) is 2.90. The van der Waals surface area contributed by atoms with Crippen LogP contribution >= 0.6 is 11.6 Å². The second-order valence-electron chi connectivity index (χ2n) is 4.65. The number of nitrogens with one attached hydrogen (secondary N) is 2. The van der Waals surface area contributed by atoms with E-state index in [-0.39, 0.29) is 31.0 Å². The Morgan fingerprint density at radius 1 is 1.30 bits per heavy atom. The molecule has 0 saturated carbocycles. The van der Waals surface area contributed by atoms with Crippen molar-refractivity contribution in [2.24, 2.45) is 0 Å². The Kier molecular flexibility index (Phi) is 7.27. The fraction of sp³-hybridized carbons (Fsp3) is 0.385. The molecule has 2 amide bonds. The van der Waals surface area contributed by atoms with Gasteiger partial charge in [-0.25, -0.2) is 17.9 Å². The molecule has 0 unspecified atom stereocenters. The molecule has 1 rings (SSSR count). The van der Waals surface area contributed by atoms with Gasteiger partial charge in [-0.05, 0) is 18.2 Å². The maximum absolute atomic E-state index is 12.0. The first-order valence-electron chi connectivity index (χ1n) is 6.68. The van der Waals surface area contributed by atoms with E-state index in [4.69, 9.17) is 16.7 Å². The van der Waals surface area contributed by atoms with E-state index < -0.39 is 22.0 Å². The lowest BCUT2D eigenvalue weighted by atomic mass is 10.4. The van der Waals surface area contributed by atoms with Gasteiger partial charge in [-0.1, -0.05) is 17.7 Å². The fourth-order valence-electron chi connectivity index (χ4n) is 1.57. The number of hydrogen-bond acceptors (Lipinski definition) is 4. The van der Waals surface area contributed by atoms with Crippen molar-refractivity contribution in [3.63, 3.8) is 0 Å². The van der Waals surface area contributed by atoms with Crippen LogP contribution in [0.4, 0.5) is 4.79 Å². The minimum absolute atomic E-state index is 0.00659. The lowest BCUT2D eigenvalue weighted by molar-refractivity contribution is -0.137. The summed E-state index contributed by atoms with van der Waals surface area (Å²) in [6.45, 7) is 0.124. The van der Waals surface area contributed by atoms with Crippen molar-refractivity contribution in [1.82, 2.24) is 14.9 Å². The molecule has 0 saturated heterocycles. The molecule has 0 aliphatic heterocycles. The van der Waals surface area contributed by atoms with Crippen molar-refractivity contribution in [3.8, 4) is 0 Å². The van der Waals surface area contributed by atoms with Crippen LogP contribution in [0.5, 0.6) is 0 Å². The summed E-state index contributed by atoms with van der Waals surface area (Å²) in [5, 5.41) is 11.3. The Bertz CT molecular complexity index is 665. The Hall–Kier alpha value is -1.84. The molecule has 0 heterocycles. The van der Waals surface area contributed by atoms with Crippen molar-refractivity contribution < 1.29 is 23.1 Å².